The molecule has 1 saturated carbocycles. The molecule has 1 aliphatic rings. The molecule has 0 aliphatic heterocycles. The fourth-order valence-electron chi connectivity index (χ4n) is 3.47. The zero-order valence-electron chi connectivity index (χ0n) is 18.0. The Kier molecular flexibility index (Phi) is 7.05. The van der Waals surface area contributed by atoms with Crippen LogP contribution in [0.4, 0.5) is 5.69 Å². The minimum Gasteiger partial charge on any atom is -0.494 e. The summed E-state index contributed by atoms with van der Waals surface area (Å²) in [6.07, 6.45) is 8.60. The molecular weight excluding hydrogens is 511 g/mol. The second kappa shape index (κ2) is 9.39. The summed E-state index contributed by atoms with van der Waals surface area (Å²) < 4.78 is 7.86. The molecule has 8 nitrogen and oxygen atoms in total. The van der Waals surface area contributed by atoms with E-state index in [1.165, 1.54) is 0 Å². The molecule has 9 heteroatoms. The molecular formula is C22H27IN4O4. The van der Waals surface area contributed by atoms with Gasteiger partial charge in [0.1, 0.15) is 5.75 Å². The van der Waals surface area contributed by atoms with Crippen molar-refractivity contribution in [3.8, 4) is 5.75 Å². The average molecular weight is 538 g/mol. The number of benzene rings is 1. The van der Waals surface area contributed by atoms with E-state index in [4.69, 9.17) is 9.94 Å². The highest BCUT2D eigenvalue weighted by molar-refractivity contribution is 14.1. The second-order valence-corrected chi connectivity index (χ2v) is 9.43. The number of nitrogens with one attached hydrogen (secondary N) is 1. The van der Waals surface area contributed by atoms with Crippen LogP contribution in [0, 0.1) is 5.92 Å². The van der Waals surface area contributed by atoms with Crippen molar-refractivity contribution < 1.29 is 19.8 Å². The van der Waals surface area contributed by atoms with Crippen LogP contribution in [-0.2, 0) is 4.79 Å². The van der Waals surface area contributed by atoms with Crippen LogP contribution in [0.1, 0.15) is 39.7 Å². The third kappa shape index (κ3) is 5.45. The first-order valence-electron chi connectivity index (χ1n) is 9.95. The zero-order valence-corrected chi connectivity index (χ0v) is 20.1. The molecule has 1 aromatic carbocycles. The Hall–Kier alpha value is -2.40. The standard InChI is InChI=1S/C22H27IN4O4/c1-13(26-30)6-5-7-17(23)21(28)24-19-8-14-12-27(25-18(14)11-20(19)31-4)16-9-15(10-16)22(2,3)29/h5-8,11-12,15-16,29-30H,9-10H2,1-4H3,(H,24,28)/b6-5-,17-7-,26-13+. The van der Waals surface area contributed by atoms with E-state index in [9.17, 15) is 9.90 Å². The van der Waals surface area contributed by atoms with Gasteiger partial charge in [-0.2, -0.15) is 5.10 Å². The zero-order chi connectivity index (χ0) is 22.8. The van der Waals surface area contributed by atoms with Crippen LogP contribution in [0.25, 0.3) is 10.9 Å². The van der Waals surface area contributed by atoms with Crippen LogP contribution in [0.5, 0.6) is 5.75 Å². The number of nitrogens with zero attached hydrogens (tertiary/aromatic N) is 3. The number of hydrogen-bond acceptors (Lipinski definition) is 6. The Balaban J connectivity index is 1.77. The molecule has 0 bridgehead atoms. The van der Waals surface area contributed by atoms with E-state index in [-0.39, 0.29) is 17.9 Å². The van der Waals surface area contributed by atoms with E-state index in [1.54, 1.807) is 32.3 Å². The first-order valence-corrected chi connectivity index (χ1v) is 11.0. The van der Waals surface area contributed by atoms with Gasteiger partial charge in [0.2, 0.25) is 0 Å². The number of halogens is 1. The van der Waals surface area contributed by atoms with E-state index in [2.05, 4.69) is 15.6 Å². The SMILES string of the molecule is COc1cc2nn(C3CC(C(C)(C)O)C3)cc2cc1NC(=O)/C(I)=C/C=C\C(C)=N\O. The predicted octanol–water partition coefficient (Wildman–Crippen LogP) is 4.43. The molecule has 3 N–H and O–H groups in total. The quantitative estimate of drug-likeness (QED) is 0.121. The predicted molar refractivity (Wildman–Crippen MR) is 129 cm³/mol. The van der Waals surface area contributed by atoms with Gasteiger partial charge < -0.3 is 20.4 Å². The van der Waals surface area contributed by atoms with Crippen molar-refractivity contribution in [1.29, 1.82) is 0 Å². The molecule has 1 aromatic heterocycles. The van der Waals surface area contributed by atoms with Crippen molar-refractivity contribution in [2.24, 2.45) is 11.1 Å². The van der Waals surface area contributed by atoms with Gasteiger partial charge in [-0.15, -0.1) is 0 Å². The number of carbonyl (C=O) groups excluding carboxylic acids is 1. The minimum atomic E-state index is -0.673. The Labute approximate surface area is 194 Å². The molecule has 0 unspecified atom stereocenters. The van der Waals surface area contributed by atoms with E-state index < -0.39 is 5.60 Å². The van der Waals surface area contributed by atoms with Gasteiger partial charge in [-0.05, 0) is 80.3 Å². The molecule has 31 heavy (non-hydrogen) atoms. The molecule has 166 valence electrons. The van der Waals surface area contributed by atoms with Crippen molar-refractivity contribution in [2.75, 3.05) is 12.4 Å². The first kappa shape index (κ1) is 23.3. The molecule has 0 spiro atoms. The van der Waals surface area contributed by atoms with Crippen molar-refractivity contribution in [3.63, 3.8) is 0 Å². The van der Waals surface area contributed by atoms with Crippen molar-refractivity contribution in [1.82, 2.24) is 9.78 Å². The number of hydrogen-bond donors (Lipinski definition) is 3. The number of fused-ring (bicyclic) bond motifs is 1. The van der Waals surface area contributed by atoms with Crippen LogP contribution in [0.2, 0.25) is 0 Å². The lowest BCUT2D eigenvalue weighted by molar-refractivity contribution is -0.112. The van der Waals surface area contributed by atoms with Crippen LogP contribution >= 0.6 is 22.6 Å². The first-order chi connectivity index (χ1) is 14.6. The fraction of sp³-hybridized carbons (Fsp3) is 0.409. The number of aliphatic hydroxyl groups is 1. The molecule has 1 fully saturated rings. The van der Waals surface area contributed by atoms with Gasteiger partial charge in [0.25, 0.3) is 5.91 Å². The number of rotatable bonds is 7. The third-order valence-corrected chi connectivity index (χ3v) is 6.38. The van der Waals surface area contributed by atoms with Crippen molar-refractivity contribution in [2.45, 2.75) is 45.3 Å². The molecule has 0 radical (unpaired) electrons. The highest BCUT2D eigenvalue weighted by Gasteiger charge is 2.40. The maximum absolute atomic E-state index is 12.6. The number of amides is 1. The van der Waals surface area contributed by atoms with Gasteiger partial charge in [-0.3, -0.25) is 9.48 Å². The Morgan fingerprint density at radius 3 is 2.74 bits per heavy atom. The summed E-state index contributed by atoms with van der Waals surface area (Å²) in [7, 11) is 1.55. The van der Waals surface area contributed by atoms with Crippen molar-refractivity contribution >= 4 is 50.8 Å². The summed E-state index contributed by atoms with van der Waals surface area (Å²) in [5.41, 5.74) is 1.11. The highest BCUT2D eigenvalue weighted by Crippen LogP contribution is 2.44. The average Bonchev–Trinajstić information content (AvgIpc) is 3.06. The number of allylic oxidation sites excluding steroid dienone is 3. The molecule has 0 atom stereocenters. The maximum atomic E-state index is 12.6. The number of ether oxygens (including phenoxy) is 1. The summed E-state index contributed by atoms with van der Waals surface area (Å²) in [6.45, 7) is 5.34. The number of anilines is 1. The topological polar surface area (TPSA) is 109 Å². The number of methoxy groups -OCH3 is 1. The molecule has 1 amide bonds. The van der Waals surface area contributed by atoms with Crippen LogP contribution in [0.3, 0.4) is 0 Å². The Morgan fingerprint density at radius 2 is 2.13 bits per heavy atom. The van der Waals surface area contributed by atoms with Crippen LogP contribution < -0.4 is 10.1 Å². The number of aromatic nitrogens is 2. The highest BCUT2D eigenvalue weighted by atomic mass is 127. The fourth-order valence-corrected chi connectivity index (χ4v) is 3.81. The van der Waals surface area contributed by atoms with E-state index in [0.717, 1.165) is 23.7 Å². The van der Waals surface area contributed by atoms with Gasteiger partial charge in [0, 0.05) is 17.6 Å². The molecule has 1 aliphatic carbocycles. The third-order valence-electron chi connectivity index (χ3n) is 5.53. The second-order valence-electron chi connectivity index (χ2n) is 8.27. The smallest absolute Gasteiger partial charge is 0.261 e. The van der Waals surface area contributed by atoms with Crippen molar-refractivity contribution in [3.05, 3.63) is 40.1 Å². The minimum absolute atomic E-state index is 0.259. The lowest BCUT2D eigenvalue weighted by atomic mass is 9.71. The van der Waals surface area contributed by atoms with E-state index in [0.29, 0.717) is 20.7 Å². The molecule has 3 rings (SSSR count). The van der Waals surface area contributed by atoms with Gasteiger partial charge in [0.05, 0.1) is 39.2 Å². The van der Waals surface area contributed by atoms with Gasteiger partial charge >= 0.3 is 0 Å². The summed E-state index contributed by atoms with van der Waals surface area (Å²) >= 11 is 1.95. The number of oxime groups is 1. The summed E-state index contributed by atoms with van der Waals surface area (Å²) in [6, 6.07) is 3.92. The molecule has 0 saturated heterocycles. The van der Waals surface area contributed by atoms with Gasteiger partial charge in [-0.25, -0.2) is 0 Å². The van der Waals surface area contributed by atoms with Gasteiger partial charge in [-0.1, -0.05) is 11.2 Å². The molecule has 2 aromatic rings. The van der Waals surface area contributed by atoms with Gasteiger partial charge in [0.15, 0.2) is 0 Å². The van der Waals surface area contributed by atoms with Crippen LogP contribution in [0.15, 0.2) is 45.3 Å². The monoisotopic (exact) mass is 538 g/mol. The molecule has 1 heterocycles. The van der Waals surface area contributed by atoms with E-state index >= 15 is 0 Å². The summed E-state index contributed by atoms with van der Waals surface area (Å²) in [4.78, 5) is 12.6. The summed E-state index contributed by atoms with van der Waals surface area (Å²) in [5, 5.41) is 30.3. The Morgan fingerprint density at radius 1 is 1.42 bits per heavy atom. The maximum Gasteiger partial charge on any atom is 0.261 e. The largest absolute Gasteiger partial charge is 0.494 e. The lowest BCUT2D eigenvalue weighted by Crippen LogP contribution is -2.41. The number of carbonyl (C=O) groups is 1. The summed E-state index contributed by atoms with van der Waals surface area (Å²) in [5.74, 6) is 0.516. The van der Waals surface area contributed by atoms with E-state index in [1.807, 2.05) is 59.4 Å². The normalized spacial score (nSPS) is 20.2. The Bertz CT molecular complexity index is 1060. The lowest BCUT2D eigenvalue weighted by Gasteiger charge is -2.42. The van der Waals surface area contributed by atoms with Crippen LogP contribution in [-0.4, -0.2) is 44.4 Å².